The highest BCUT2D eigenvalue weighted by Gasteiger charge is 2.32. The van der Waals surface area contributed by atoms with Gasteiger partial charge >= 0.3 is 12.1 Å². The van der Waals surface area contributed by atoms with Crippen molar-refractivity contribution in [2.45, 2.75) is 6.18 Å². The Morgan fingerprint density at radius 3 is 2.10 bits per heavy atom. The van der Waals surface area contributed by atoms with Gasteiger partial charge in [-0.1, -0.05) is 0 Å². The number of benzene rings is 1. The van der Waals surface area contributed by atoms with Gasteiger partial charge in [0.15, 0.2) is 0 Å². The van der Waals surface area contributed by atoms with Gasteiger partial charge in [0.05, 0.1) is 16.8 Å². The lowest BCUT2D eigenvalue weighted by atomic mass is 10.0. The van der Waals surface area contributed by atoms with Crippen molar-refractivity contribution in [3.8, 4) is 11.3 Å². The van der Waals surface area contributed by atoms with Gasteiger partial charge < -0.3 is 5.11 Å². The molecule has 0 spiro atoms. The van der Waals surface area contributed by atoms with Crippen LogP contribution >= 0.6 is 0 Å². The van der Waals surface area contributed by atoms with E-state index in [9.17, 15) is 26.7 Å². The van der Waals surface area contributed by atoms with Crippen molar-refractivity contribution >= 4 is 5.97 Å². The average Bonchev–Trinajstić information content (AvgIpc) is 2.35. The van der Waals surface area contributed by atoms with Gasteiger partial charge in [0.25, 0.3) is 0 Å². The number of hydrogen-bond donors (Lipinski definition) is 1. The van der Waals surface area contributed by atoms with Crippen LogP contribution in [0.4, 0.5) is 22.0 Å². The molecule has 0 aliphatic carbocycles. The summed E-state index contributed by atoms with van der Waals surface area (Å²) in [5.41, 5.74) is -2.78. The van der Waals surface area contributed by atoms with E-state index in [1.165, 1.54) is 0 Å². The highest BCUT2D eigenvalue weighted by atomic mass is 19.4. The highest BCUT2D eigenvalue weighted by molar-refractivity contribution is 5.95. The van der Waals surface area contributed by atoms with Gasteiger partial charge in [-0.05, 0) is 18.2 Å². The van der Waals surface area contributed by atoms with E-state index in [2.05, 4.69) is 4.98 Å². The molecule has 0 atom stereocenters. The molecular weight excluding hydrogens is 297 g/mol. The largest absolute Gasteiger partial charge is 0.478 e. The minimum atomic E-state index is -4.77. The molecule has 1 heterocycles. The summed E-state index contributed by atoms with van der Waals surface area (Å²) >= 11 is 0. The van der Waals surface area contributed by atoms with Crippen LogP contribution in [0.2, 0.25) is 0 Å². The van der Waals surface area contributed by atoms with Crippen LogP contribution in [0.5, 0.6) is 0 Å². The van der Waals surface area contributed by atoms with Crippen LogP contribution in [0, 0.1) is 11.6 Å². The third kappa shape index (κ3) is 3.15. The van der Waals surface area contributed by atoms with Crippen LogP contribution in [0.25, 0.3) is 11.3 Å². The molecule has 3 nitrogen and oxygen atoms in total. The average molecular weight is 303 g/mol. The van der Waals surface area contributed by atoms with Crippen molar-refractivity contribution in [1.82, 2.24) is 4.98 Å². The Hall–Kier alpha value is -2.51. The van der Waals surface area contributed by atoms with Gasteiger partial charge in [-0.25, -0.2) is 13.6 Å². The number of nitrogens with zero attached hydrogens (tertiary/aromatic N) is 1. The number of alkyl halides is 3. The summed E-state index contributed by atoms with van der Waals surface area (Å²) in [4.78, 5) is 14.4. The smallest absolute Gasteiger partial charge is 0.417 e. The molecule has 0 saturated heterocycles. The topological polar surface area (TPSA) is 50.2 Å². The lowest BCUT2D eigenvalue weighted by Gasteiger charge is -2.10. The van der Waals surface area contributed by atoms with Crippen molar-refractivity contribution in [2.75, 3.05) is 0 Å². The van der Waals surface area contributed by atoms with Crippen molar-refractivity contribution < 1.29 is 31.9 Å². The van der Waals surface area contributed by atoms with Crippen molar-refractivity contribution in [2.24, 2.45) is 0 Å². The lowest BCUT2D eigenvalue weighted by Crippen LogP contribution is -2.10. The number of halogens is 5. The molecule has 2 aromatic rings. The number of pyridine rings is 1. The summed E-state index contributed by atoms with van der Waals surface area (Å²) in [5, 5.41) is 8.96. The third-order valence-electron chi connectivity index (χ3n) is 2.58. The molecule has 1 aromatic heterocycles. The van der Waals surface area contributed by atoms with Crippen LogP contribution in [-0.4, -0.2) is 16.1 Å². The predicted octanol–water partition coefficient (Wildman–Crippen LogP) is 3.74. The van der Waals surface area contributed by atoms with E-state index < -0.39 is 40.6 Å². The van der Waals surface area contributed by atoms with Crippen LogP contribution in [0.3, 0.4) is 0 Å². The van der Waals surface area contributed by atoms with Crippen LogP contribution < -0.4 is 0 Å². The normalized spacial score (nSPS) is 11.5. The predicted molar refractivity (Wildman–Crippen MR) is 61.6 cm³/mol. The van der Waals surface area contributed by atoms with Crippen molar-refractivity contribution in [3.63, 3.8) is 0 Å². The molecule has 21 heavy (non-hydrogen) atoms. The van der Waals surface area contributed by atoms with Crippen LogP contribution in [0.15, 0.2) is 30.5 Å². The van der Waals surface area contributed by atoms with E-state index in [4.69, 9.17) is 5.11 Å². The maximum Gasteiger partial charge on any atom is 0.417 e. The molecule has 0 radical (unpaired) electrons. The monoisotopic (exact) mass is 303 g/mol. The second kappa shape index (κ2) is 5.12. The minimum Gasteiger partial charge on any atom is -0.478 e. The standard InChI is InChI=1S/C13H6F5NO2/c14-8-1-6(2-9(15)4-8)11-10(12(20)21)3-7(5-19-11)13(16,17)18/h1-5H,(H,20,21). The number of carbonyl (C=O) groups is 1. The zero-order chi connectivity index (χ0) is 15.8. The molecule has 0 unspecified atom stereocenters. The number of aromatic nitrogens is 1. The first-order valence-electron chi connectivity index (χ1n) is 5.45. The molecule has 0 fully saturated rings. The minimum absolute atomic E-state index is 0.265. The number of hydrogen-bond acceptors (Lipinski definition) is 2. The molecule has 1 N–H and O–H groups in total. The third-order valence-corrected chi connectivity index (χ3v) is 2.58. The lowest BCUT2D eigenvalue weighted by molar-refractivity contribution is -0.137. The highest BCUT2D eigenvalue weighted by Crippen LogP contribution is 2.32. The Bertz CT molecular complexity index is 692. The zero-order valence-corrected chi connectivity index (χ0v) is 10.1. The number of carboxylic acid groups (broad SMARTS) is 1. The molecule has 0 bridgehead atoms. The van der Waals surface area contributed by atoms with E-state index >= 15 is 0 Å². The van der Waals surface area contributed by atoms with Crippen LogP contribution in [0.1, 0.15) is 15.9 Å². The first kappa shape index (κ1) is 14.9. The number of aromatic carboxylic acids is 1. The van der Waals surface area contributed by atoms with Gasteiger partial charge in [0.2, 0.25) is 0 Å². The van der Waals surface area contributed by atoms with Gasteiger partial charge in [0, 0.05) is 17.8 Å². The summed E-state index contributed by atoms with van der Waals surface area (Å²) in [6, 6.07) is 2.48. The molecule has 1 aromatic carbocycles. The zero-order valence-electron chi connectivity index (χ0n) is 10.1. The second-order valence-electron chi connectivity index (χ2n) is 4.08. The molecule has 0 amide bonds. The maximum atomic E-state index is 13.1. The summed E-state index contributed by atoms with van der Waals surface area (Å²) in [6.45, 7) is 0. The van der Waals surface area contributed by atoms with Crippen molar-refractivity contribution in [1.29, 1.82) is 0 Å². The van der Waals surface area contributed by atoms with E-state index in [-0.39, 0.29) is 5.56 Å². The maximum absolute atomic E-state index is 13.1. The second-order valence-corrected chi connectivity index (χ2v) is 4.08. The fourth-order valence-electron chi connectivity index (χ4n) is 1.70. The van der Waals surface area contributed by atoms with E-state index in [0.29, 0.717) is 18.3 Å². The molecule has 0 aliphatic rings. The summed E-state index contributed by atoms with van der Waals surface area (Å²) in [6.07, 6.45) is -4.37. The Kier molecular flexibility index (Phi) is 3.63. The van der Waals surface area contributed by atoms with Gasteiger partial charge in [-0.3, -0.25) is 4.98 Å². The van der Waals surface area contributed by atoms with Crippen molar-refractivity contribution in [3.05, 3.63) is 53.2 Å². The summed E-state index contributed by atoms with van der Waals surface area (Å²) in [5.74, 6) is -3.68. The Balaban J connectivity index is 2.66. The molecule has 0 saturated carbocycles. The van der Waals surface area contributed by atoms with Crippen LogP contribution in [-0.2, 0) is 6.18 Å². The number of rotatable bonds is 2. The fourth-order valence-corrected chi connectivity index (χ4v) is 1.70. The summed E-state index contributed by atoms with van der Waals surface area (Å²) < 4.78 is 63.9. The first-order valence-corrected chi connectivity index (χ1v) is 5.45. The van der Waals surface area contributed by atoms with Gasteiger partial charge in [-0.2, -0.15) is 13.2 Å². The van der Waals surface area contributed by atoms with E-state index in [1.807, 2.05) is 0 Å². The van der Waals surface area contributed by atoms with E-state index in [0.717, 1.165) is 12.1 Å². The SMILES string of the molecule is O=C(O)c1cc(C(F)(F)F)cnc1-c1cc(F)cc(F)c1. The summed E-state index contributed by atoms with van der Waals surface area (Å²) in [7, 11) is 0. The Labute approximate surface area is 114 Å². The molecule has 0 aliphatic heterocycles. The molecule has 2 rings (SSSR count). The molecular formula is C13H6F5NO2. The quantitative estimate of drug-likeness (QED) is 0.860. The van der Waals surface area contributed by atoms with Gasteiger partial charge in [-0.15, -0.1) is 0 Å². The van der Waals surface area contributed by atoms with E-state index in [1.54, 1.807) is 0 Å². The Morgan fingerprint density at radius 1 is 1.05 bits per heavy atom. The first-order chi connectivity index (χ1) is 9.68. The fraction of sp³-hybridized carbons (Fsp3) is 0.0769. The molecule has 8 heteroatoms. The van der Waals surface area contributed by atoms with Gasteiger partial charge in [0.1, 0.15) is 11.6 Å². The Morgan fingerprint density at radius 2 is 1.62 bits per heavy atom. The molecule has 110 valence electrons. The number of carboxylic acids is 1.